The van der Waals surface area contributed by atoms with Gasteiger partial charge >= 0.3 is 0 Å². The van der Waals surface area contributed by atoms with E-state index in [-0.39, 0.29) is 23.4 Å². The van der Waals surface area contributed by atoms with Crippen LogP contribution in [0.4, 0.5) is 0 Å². The molecule has 5 heteroatoms. The first-order valence-corrected chi connectivity index (χ1v) is 7.63. The van der Waals surface area contributed by atoms with Gasteiger partial charge in [0.05, 0.1) is 11.5 Å². The molecule has 2 heterocycles. The maximum Gasteiger partial charge on any atom is 0.227 e. The zero-order chi connectivity index (χ0) is 15.5. The summed E-state index contributed by atoms with van der Waals surface area (Å²) >= 11 is 0. The highest BCUT2D eigenvalue weighted by molar-refractivity contribution is 5.82. The average molecular weight is 290 g/mol. The third-order valence-corrected chi connectivity index (χ3v) is 4.60. The molecular formula is C16H26N4O. The Morgan fingerprint density at radius 2 is 2.19 bits per heavy atom. The largest absolute Gasteiger partial charge is 0.359 e. The molecule has 0 bridgehead atoms. The van der Waals surface area contributed by atoms with E-state index in [4.69, 9.17) is 5.73 Å². The Kier molecular flexibility index (Phi) is 4.96. The van der Waals surface area contributed by atoms with Crippen LogP contribution in [0.5, 0.6) is 0 Å². The Bertz CT molecular complexity index is 478. The molecule has 3 atom stereocenters. The summed E-state index contributed by atoms with van der Waals surface area (Å²) in [6.07, 6.45) is 5.38. The Labute approximate surface area is 126 Å². The van der Waals surface area contributed by atoms with Crippen molar-refractivity contribution in [3.05, 3.63) is 30.1 Å². The number of nitrogens with two attached hydrogens (primary N) is 1. The highest BCUT2D eigenvalue weighted by Crippen LogP contribution is 2.36. The van der Waals surface area contributed by atoms with E-state index in [0.717, 1.165) is 25.9 Å². The van der Waals surface area contributed by atoms with Gasteiger partial charge in [-0.05, 0) is 44.0 Å². The summed E-state index contributed by atoms with van der Waals surface area (Å²) < 4.78 is 0. The second kappa shape index (κ2) is 6.54. The molecule has 0 aromatic carbocycles. The van der Waals surface area contributed by atoms with Crippen molar-refractivity contribution in [1.82, 2.24) is 15.2 Å². The summed E-state index contributed by atoms with van der Waals surface area (Å²) in [6, 6.07) is 4.25. The Balaban J connectivity index is 2.22. The van der Waals surface area contributed by atoms with E-state index in [0.29, 0.717) is 0 Å². The number of hydrogen-bond donors (Lipinski definition) is 2. The van der Waals surface area contributed by atoms with E-state index in [1.165, 1.54) is 5.56 Å². The van der Waals surface area contributed by atoms with Crippen LogP contribution in [-0.4, -0.2) is 42.0 Å². The second-order valence-corrected chi connectivity index (χ2v) is 6.16. The monoisotopic (exact) mass is 290 g/mol. The number of hydrogen-bond acceptors (Lipinski definition) is 4. The van der Waals surface area contributed by atoms with Crippen LogP contribution in [0.15, 0.2) is 24.5 Å². The molecule has 3 unspecified atom stereocenters. The molecule has 1 saturated heterocycles. The summed E-state index contributed by atoms with van der Waals surface area (Å²) in [5.74, 6) is 0.114. The maximum absolute atomic E-state index is 12.1. The van der Waals surface area contributed by atoms with E-state index in [1.54, 1.807) is 19.4 Å². The fraction of sp³-hybridized carbons (Fsp3) is 0.625. The molecular weight excluding hydrogens is 264 g/mol. The zero-order valence-electron chi connectivity index (χ0n) is 13.2. The standard InChI is InChI=1S/C16H26N4O/c1-4-13(17)14(12-5-8-19-9-6-12)20-10-7-16(2,11-20)15(21)18-3/h5-6,8-9,13-14H,4,7,10-11,17H2,1-3H3,(H,18,21). The summed E-state index contributed by atoms with van der Waals surface area (Å²) in [7, 11) is 1.70. The van der Waals surface area contributed by atoms with Crippen LogP contribution < -0.4 is 11.1 Å². The van der Waals surface area contributed by atoms with Crippen LogP contribution >= 0.6 is 0 Å². The van der Waals surface area contributed by atoms with Gasteiger partial charge in [0.25, 0.3) is 0 Å². The van der Waals surface area contributed by atoms with Gasteiger partial charge in [0.2, 0.25) is 5.91 Å². The predicted molar refractivity (Wildman–Crippen MR) is 83.6 cm³/mol. The molecule has 1 aliphatic heterocycles. The van der Waals surface area contributed by atoms with E-state index < -0.39 is 0 Å². The topological polar surface area (TPSA) is 71.2 Å². The van der Waals surface area contributed by atoms with Crippen molar-refractivity contribution in [2.45, 2.75) is 38.8 Å². The lowest BCUT2D eigenvalue weighted by atomic mass is 9.88. The summed E-state index contributed by atoms with van der Waals surface area (Å²) in [5.41, 5.74) is 7.22. The van der Waals surface area contributed by atoms with Gasteiger partial charge in [-0.1, -0.05) is 6.92 Å². The first-order valence-electron chi connectivity index (χ1n) is 7.63. The van der Waals surface area contributed by atoms with E-state index >= 15 is 0 Å². The van der Waals surface area contributed by atoms with Gasteiger partial charge in [-0.25, -0.2) is 0 Å². The van der Waals surface area contributed by atoms with Crippen molar-refractivity contribution < 1.29 is 4.79 Å². The maximum atomic E-state index is 12.1. The number of amides is 1. The molecule has 5 nitrogen and oxygen atoms in total. The van der Waals surface area contributed by atoms with Gasteiger partial charge in [0.1, 0.15) is 0 Å². The first-order chi connectivity index (χ1) is 10.0. The van der Waals surface area contributed by atoms with Crippen LogP contribution in [-0.2, 0) is 4.79 Å². The van der Waals surface area contributed by atoms with Gasteiger partial charge in [-0.2, -0.15) is 0 Å². The Morgan fingerprint density at radius 1 is 1.52 bits per heavy atom. The van der Waals surface area contributed by atoms with Crippen LogP contribution in [0.25, 0.3) is 0 Å². The van der Waals surface area contributed by atoms with Crippen LogP contribution in [0.2, 0.25) is 0 Å². The predicted octanol–water partition coefficient (Wildman–Crippen LogP) is 1.32. The van der Waals surface area contributed by atoms with Crippen molar-refractivity contribution in [1.29, 1.82) is 0 Å². The van der Waals surface area contributed by atoms with Crippen LogP contribution in [0.1, 0.15) is 38.3 Å². The number of aromatic nitrogens is 1. The lowest BCUT2D eigenvalue weighted by Gasteiger charge is -2.33. The van der Waals surface area contributed by atoms with Crippen molar-refractivity contribution >= 4 is 5.91 Å². The molecule has 1 amide bonds. The smallest absolute Gasteiger partial charge is 0.227 e. The highest BCUT2D eigenvalue weighted by Gasteiger charge is 2.43. The van der Waals surface area contributed by atoms with E-state index in [2.05, 4.69) is 22.1 Å². The molecule has 0 radical (unpaired) electrons. The van der Waals surface area contributed by atoms with E-state index in [9.17, 15) is 4.79 Å². The Morgan fingerprint density at radius 3 is 2.76 bits per heavy atom. The summed E-state index contributed by atoms with van der Waals surface area (Å²) in [6.45, 7) is 5.78. The molecule has 21 heavy (non-hydrogen) atoms. The molecule has 0 saturated carbocycles. The summed E-state index contributed by atoms with van der Waals surface area (Å²) in [4.78, 5) is 18.5. The van der Waals surface area contributed by atoms with Gasteiger partial charge in [-0.15, -0.1) is 0 Å². The second-order valence-electron chi connectivity index (χ2n) is 6.16. The fourth-order valence-electron chi connectivity index (χ4n) is 3.23. The third-order valence-electron chi connectivity index (χ3n) is 4.60. The number of likely N-dealkylation sites (tertiary alicyclic amines) is 1. The number of carbonyl (C=O) groups is 1. The minimum absolute atomic E-state index is 0.0550. The molecule has 0 spiro atoms. The van der Waals surface area contributed by atoms with Crippen molar-refractivity contribution in [3.63, 3.8) is 0 Å². The fourth-order valence-corrected chi connectivity index (χ4v) is 3.23. The first kappa shape index (κ1) is 15.9. The molecule has 116 valence electrons. The number of nitrogens with one attached hydrogen (secondary N) is 1. The average Bonchev–Trinajstić information content (AvgIpc) is 2.91. The normalized spacial score (nSPS) is 25.5. The summed E-state index contributed by atoms with van der Waals surface area (Å²) in [5, 5.41) is 2.78. The van der Waals surface area contributed by atoms with Gasteiger partial charge in [-0.3, -0.25) is 14.7 Å². The SMILES string of the molecule is CCC(N)C(c1ccncc1)N1CCC(C)(C(=O)NC)C1. The zero-order valence-corrected chi connectivity index (χ0v) is 13.2. The Hall–Kier alpha value is -1.46. The lowest BCUT2D eigenvalue weighted by molar-refractivity contribution is -0.129. The molecule has 1 aromatic heterocycles. The van der Waals surface area contributed by atoms with Crippen LogP contribution in [0, 0.1) is 5.41 Å². The molecule has 2 rings (SSSR count). The number of carbonyl (C=O) groups excluding carboxylic acids is 1. The van der Waals surface area contributed by atoms with Crippen molar-refractivity contribution in [2.75, 3.05) is 20.1 Å². The quantitative estimate of drug-likeness (QED) is 0.858. The minimum atomic E-state index is -0.326. The number of nitrogens with zero attached hydrogens (tertiary/aromatic N) is 2. The van der Waals surface area contributed by atoms with Crippen molar-refractivity contribution in [2.24, 2.45) is 11.1 Å². The minimum Gasteiger partial charge on any atom is -0.359 e. The van der Waals surface area contributed by atoms with Gasteiger partial charge in [0.15, 0.2) is 0 Å². The molecule has 1 aliphatic rings. The van der Waals surface area contributed by atoms with E-state index in [1.807, 2.05) is 19.1 Å². The van der Waals surface area contributed by atoms with Crippen LogP contribution in [0.3, 0.4) is 0 Å². The highest BCUT2D eigenvalue weighted by atomic mass is 16.2. The molecule has 1 fully saturated rings. The third kappa shape index (κ3) is 3.24. The number of rotatable bonds is 5. The number of pyridine rings is 1. The molecule has 3 N–H and O–H groups in total. The molecule has 1 aromatic rings. The lowest BCUT2D eigenvalue weighted by Crippen LogP contribution is -2.43. The van der Waals surface area contributed by atoms with Gasteiger partial charge in [0, 0.05) is 32.0 Å². The van der Waals surface area contributed by atoms with Crippen molar-refractivity contribution in [3.8, 4) is 0 Å². The van der Waals surface area contributed by atoms with Gasteiger partial charge < -0.3 is 11.1 Å². The molecule has 0 aliphatic carbocycles.